The van der Waals surface area contributed by atoms with E-state index in [1.807, 2.05) is 6.92 Å². The van der Waals surface area contributed by atoms with Crippen molar-refractivity contribution >= 4 is 24.2 Å². The van der Waals surface area contributed by atoms with E-state index in [2.05, 4.69) is 16.1 Å². The largest absolute Gasteiger partial charge is 0.285 e. The van der Waals surface area contributed by atoms with Gasteiger partial charge in [-0.05, 0) is 13.6 Å². The van der Waals surface area contributed by atoms with Gasteiger partial charge in [-0.1, -0.05) is 0 Å². The second-order valence-corrected chi connectivity index (χ2v) is 1.52. The van der Waals surface area contributed by atoms with Gasteiger partial charge in [0.1, 0.15) is 0 Å². The molecule has 0 N–H and O–H groups in total. The summed E-state index contributed by atoms with van der Waals surface area (Å²) < 4.78 is 3.49. The predicted molar refractivity (Wildman–Crippen MR) is 36.2 cm³/mol. The van der Waals surface area contributed by atoms with Gasteiger partial charge in [-0.15, -0.1) is 0 Å². The van der Waals surface area contributed by atoms with E-state index in [1.165, 1.54) is 11.9 Å². The summed E-state index contributed by atoms with van der Waals surface area (Å²) in [6, 6.07) is 0. The van der Waals surface area contributed by atoms with Gasteiger partial charge in [0, 0.05) is 18.5 Å². The second-order valence-electron chi connectivity index (χ2n) is 0.839. The third-order valence-corrected chi connectivity index (χ3v) is 0.771. The Hall–Kier alpha value is -0.310. The summed E-state index contributed by atoms with van der Waals surface area (Å²) in [5.74, 6) is 0. The topological polar surface area (TPSA) is 24.7 Å². The van der Waals surface area contributed by atoms with Gasteiger partial charge in [-0.2, -0.15) is 0 Å². The number of nitrogens with zero attached hydrogens (tertiary/aromatic N) is 2. The molecule has 0 aliphatic rings. The van der Waals surface area contributed by atoms with Gasteiger partial charge in [-0.25, -0.2) is 4.40 Å². The van der Waals surface area contributed by atoms with Crippen LogP contribution in [0.5, 0.6) is 0 Å². The number of hydrogen-bond acceptors (Lipinski definition) is 3. The molecule has 0 bridgehead atoms. The summed E-state index contributed by atoms with van der Waals surface area (Å²) >= 11 is 1.25. The lowest BCUT2D eigenvalue weighted by molar-refractivity contribution is 1.15. The Bertz CT molecular complexity index is 70.1. The van der Waals surface area contributed by atoms with Crippen LogP contribution in [0.3, 0.4) is 0 Å². The second kappa shape index (κ2) is 5.69. The Kier molecular flexibility index (Phi) is 5.44. The van der Waals surface area contributed by atoms with E-state index in [0.29, 0.717) is 0 Å². The first kappa shape index (κ1) is 6.69. The van der Waals surface area contributed by atoms with Crippen LogP contribution in [0.2, 0.25) is 0 Å². The Morgan fingerprint density at radius 1 is 1.86 bits per heavy atom. The Morgan fingerprint density at radius 3 is 3.00 bits per heavy atom. The van der Waals surface area contributed by atoms with Crippen LogP contribution in [0.25, 0.3) is 0 Å². The number of rotatable bonds is 3. The van der Waals surface area contributed by atoms with E-state index in [0.717, 1.165) is 6.54 Å². The SMILES string of the molecule is C=NSC=NCC. The third kappa shape index (κ3) is 5.69. The molecule has 0 atom stereocenters. The maximum absolute atomic E-state index is 3.87. The lowest BCUT2D eigenvalue weighted by atomic mass is 10.8. The van der Waals surface area contributed by atoms with Gasteiger partial charge in [0.2, 0.25) is 0 Å². The highest BCUT2D eigenvalue weighted by molar-refractivity contribution is 8.11. The van der Waals surface area contributed by atoms with Gasteiger partial charge < -0.3 is 0 Å². The monoisotopic (exact) mass is 116 g/mol. The quantitative estimate of drug-likeness (QED) is 0.310. The molecule has 7 heavy (non-hydrogen) atoms. The van der Waals surface area contributed by atoms with E-state index < -0.39 is 0 Å². The van der Waals surface area contributed by atoms with Crippen LogP contribution in [0.4, 0.5) is 0 Å². The molecule has 0 amide bonds. The van der Waals surface area contributed by atoms with Crippen molar-refractivity contribution < 1.29 is 0 Å². The molecule has 0 rings (SSSR count). The van der Waals surface area contributed by atoms with Gasteiger partial charge >= 0.3 is 0 Å². The minimum atomic E-state index is 0.822. The van der Waals surface area contributed by atoms with Crippen molar-refractivity contribution in [2.75, 3.05) is 6.54 Å². The molecular weight excluding hydrogens is 108 g/mol. The molecule has 0 aromatic rings. The lowest BCUT2D eigenvalue weighted by Crippen LogP contribution is -1.64. The molecule has 40 valence electrons. The molecular formula is C4H8N2S. The van der Waals surface area contributed by atoms with Gasteiger partial charge in [0.15, 0.2) is 0 Å². The summed E-state index contributed by atoms with van der Waals surface area (Å²) in [5, 5.41) is 0. The summed E-state index contributed by atoms with van der Waals surface area (Å²) in [7, 11) is 0. The van der Waals surface area contributed by atoms with Crippen LogP contribution in [0.15, 0.2) is 9.39 Å². The fourth-order valence-corrected chi connectivity index (χ4v) is 0.424. The molecule has 0 aromatic carbocycles. The molecule has 3 heteroatoms. The van der Waals surface area contributed by atoms with Crippen molar-refractivity contribution in [3.63, 3.8) is 0 Å². The molecule has 0 saturated heterocycles. The van der Waals surface area contributed by atoms with Crippen molar-refractivity contribution in [2.24, 2.45) is 9.39 Å². The average Bonchev–Trinajstić information content (AvgIpc) is 1.69. The summed E-state index contributed by atoms with van der Waals surface area (Å²) in [4.78, 5) is 3.87. The summed E-state index contributed by atoms with van der Waals surface area (Å²) in [6.45, 7) is 6.05. The maximum Gasteiger partial charge on any atom is 0.0770 e. The van der Waals surface area contributed by atoms with E-state index >= 15 is 0 Å². The van der Waals surface area contributed by atoms with Crippen LogP contribution < -0.4 is 0 Å². The highest BCUT2D eigenvalue weighted by atomic mass is 32.2. The molecule has 0 unspecified atom stereocenters. The number of hydrogen-bond donors (Lipinski definition) is 0. The summed E-state index contributed by atoms with van der Waals surface area (Å²) in [5.41, 5.74) is 1.67. The van der Waals surface area contributed by atoms with Gasteiger partial charge in [0.05, 0.1) is 5.55 Å². The summed E-state index contributed by atoms with van der Waals surface area (Å²) in [6.07, 6.45) is 0. The van der Waals surface area contributed by atoms with Crippen LogP contribution in [-0.2, 0) is 0 Å². The average molecular weight is 116 g/mol. The van der Waals surface area contributed by atoms with Crippen molar-refractivity contribution in [1.82, 2.24) is 0 Å². The Balaban J connectivity index is 2.92. The highest BCUT2D eigenvalue weighted by Crippen LogP contribution is 1.91. The van der Waals surface area contributed by atoms with Crippen molar-refractivity contribution in [3.8, 4) is 0 Å². The van der Waals surface area contributed by atoms with E-state index in [-0.39, 0.29) is 0 Å². The van der Waals surface area contributed by atoms with Crippen LogP contribution in [0.1, 0.15) is 6.92 Å². The zero-order valence-corrected chi connectivity index (χ0v) is 5.11. The van der Waals surface area contributed by atoms with Crippen LogP contribution in [0, 0.1) is 0 Å². The molecule has 0 aliphatic carbocycles. The van der Waals surface area contributed by atoms with Crippen molar-refractivity contribution in [3.05, 3.63) is 0 Å². The first-order valence-electron chi connectivity index (χ1n) is 2.02. The van der Waals surface area contributed by atoms with Gasteiger partial charge in [0.25, 0.3) is 0 Å². The normalized spacial score (nSPS) is 9.86. The molecule has 0 aliphatic heterocycles. The standard InChI is InChI=1S/C4H8N2S/c1-3-6-4-7-5-2/h4H,2-3H2,1H3. The molecule has 0 fully saturated rings. The molecule has 0 saturated carbocycles. The van der Waals surface area contributed by atoms with Crippen molar-refractivity contribution in [2.45, 2.75) is 6.92 Å². The lowest BCUT2D eigenvalue weighted by Gasteiger charge is -1.75. The van der Waals surface area contributed by atoms with Crippen molar-refractivity contribution in [1.29, 1.82) is 0 Å². The molecule has 0 aromatic heterocycles. The molecule has 0 heterocycles. The van der Waals surface area contributed by atoms with E-state index in [1.54, 1.807) is 5.55 Å². The smallest absolute Gasteiger partial charge is 0.0770 e. The predicted octanol–water partition coefficient (Wildman–Crippen LogP) is 1.38. The zero-order chi connectivity index (χ0) is 5.54. The van der Waals surface area contributed by atoms with Crippen LogP contribution >= 0.6 is 11.9 Å². The number of aliphatic imine (C=N–C) groups is 1. The fraction of sp³-hybridized carbons (Fsp3) is 0.500. The molecule has 0 spiro atoms. The van der Waals surface area contributed by atoms with Gasteiger partial charge in [-0.3, -0.25) is 4.99 Å². The minimum Gasteiger partial charge on any atom is -0.285 e. The third-order valence-electron chi connectivity index (χ3n) is 0.379. The highest BCUT2D eigenvalue weighted by Gasteiger charge is 1.64. The Morgan fingerprint density at radius 2 is 2.57 bits per heavy atom. The minimum absolute atomic E-state index is 0.822. The van der Waals surface area contributed by atoms with Crippen LogP contribution in [-0.4, -0.2) is 18.8 Å². The first-order valence-corrected chi connectivity index (χ1v) is 2.85. The molecule has 0 radical (unpaired) electrons. The fourth-order valence-electron chi connectivity index (χ4n) is 0.141. The van der Waals surface area contributed by atoms with E-state index in [4.69, 9.17) is 0 Å². The zero-order valence-electron chi connectivity index (χ0n) is 4.29. The first-order chi connectivity index (χ1) is 3.41. The maximum atomic E-state index is 3.87. The Labute approximate surface area is 47.9 Å². The molecule has 2 nitrogen and oxygen atoms in total. The van der Waals surface area contributed by atoms with E-state index in [9.17, 15) is 0 Å².